The van der Waals surface area contributed by atoms with E-state index in [2.05, 4.69) is 23.1 Å². The highest BCUT2D eigenvalue weighted by Crippen LogP contribution is 1.56. The van der Waals surface area contributed by atoms with Crippen molar-refractivity contribution in [1.82, 2.24) is 0 Å². The zero-order chi connectivity index (χ0) is 6.99. The van der Waals surface area contributed by atoms with Crippen molar-refractivity contribution in [2.75, 3.05) is 7.11 Å². The molecule has 0 aliphatic rings. The van der Waals surface area contributed by atoms with Crippen LogP contribution in [0.3, 0.4) is 0 Å². The molecule has 5 heteroatoms. The van der Waals surface area contributed by atoms with Crippen LogP contribution in [0.5, 0.6) is 0 Å². The van der Waals surface area contributed by atoms with E-state index in [1.54, 1.807) is 0 Å². The van der Waals surface area contributed by atoms with Crippen LogP contribution in [0.15, 0.2) is 0 Å². The third kappa shape index (κ3) is 1160. The van der Waals surface area contributed by atoms with Crippen LogP contribution >= 0.6 is 12.6 Å². The molecular formula is C3H8N2O2S. The van der Waals surface area contributed by atoms with Gasteiger partial charge in [-0.3, -0.25) is 10.2 Å². The third-order valence-corrected chi connectivity index (χ3v) is 0.0962. The molecule has 0 aliphatic heterocycles. The van der Waals surface area contributed by atoms with Crippen molar-refractivity contribution in [2.24, 2.45) is 5.73 Å². The van der Waals surface area contributed by atoms with Crippen molar-refractivity contribution in [3.05, 3.63) is 0 Å². The van der Waals surface area contributed by atoms with Crippen LogP contribution in [-0.2, 0) is 9.53 Å². The first kappa shape index (κ1) is 10.3. The summed E-state index contributed by atoms with van der Waals surface area (Å²) < 4.78 is 3.86. The van der Waals surface area contributed by atoms with E-state index in [1.807, 2.05) is 0 Å². The highest BCUT2D eigenvalue weighted by atomic mass is 32.1. The summed E-state index contributed by atoms with van der Waals surface area (Å²) >= 11 is 3.33. The van der Waals surface area contributed by atoms with Gasteiger partial charge >= 0.3 is 0 Å². The summed E-state index contributed by atoms with van der Waals surface area (Å²) in [5.74, 6) is 0. The molecule has 0 saturated carbocycles. The molecule has 4 nitrogen and oxygen atoms in total. The molecule has 0 unspecified atom stereocenters. The molecular weight excluding hydrogens is 128 g/mol. The van der Waals surface area contributed by atoms with Crippen molar-refractivity contribution in [2.45, 2.75) is 0 Å². The number of methoxy groups -OCH3 is 1. The van der Waals surface area contributed by atoms with Gasteiger partial charge in [-0.1, -0.05) is 0 Å². The molecule has 0 rings (SSSR count). The van der Waals surface area contributed by atoms with Crippen molar-refractivity contribution in [3.8, 4) is 0 Å². The predicted molar refractivity (Wildman–Crippen MR) is 34.0 cm³/mol. The van der Waals surface area contributed by atoms with Gasteiger partial charge in [0.15, 0.2) is 0 Å². The quantitative estimate of drug-likeness (QED) is 0.199. The molecule has 0 aliphatic carbocycles. The van der Waals surface area contributed by atoms with E-state index in [0.29, 0.717) is 6.47 Å². The zero-order valence-corrected chi connectivity index (χ0v) is 5.31. The summed E-state index contributed by atoms with van der Waals surface area (Å²) in [7, 11) is 1.31. The average molecular weight is 136 g/mol. The number of carbonyl (C=O) groups is 1. The second kappa shape index (κ2) is 9.56. The van der Waals surface area contributed by atoms with Crippen LogP contribution in [0, 0.1) is 5.41 Å². The second-order valence-electron chi connectivity index (χ2n) is 0.717. The molecule has 0 spiro atoms. The van der Waals surface area contributed by atoms with Gasteiger partial charge in [-0.25, -0.2) is 0 Å². The molecule has 0 bridgehead atoms. The van der Waals surface area contributed by atoms with E-state index in [-0.39, 0.29) is 5.17 Å². The standard InChI is InChI=1S/C2H4O2.CH4N2S/c1-4-2-3;2-1(3)4/h2H,1H3;(H4,2,3,4). The Morgan fingerprint density at radius 1 is 2.00 bits per heavy atom. The van der Waals surface area contributed by atoms with E-state index in [1.165, 1.54) is 7.11 Å². The highest BCUT2D eigenvalue weighted by Gasteiger charge is 1.55. The normalized spacial score (nSPS) is 5.75. The van der Waals surface area contributed by atoms with Crippen LogP contribution in [0.4, 0.5) is 0 Å². The topological polar surface area (TPSA) is 76.2 Å². The maximum absolute atomic E-state index is 8.95. The molecule has 48 valence electrons. The smallest absolute Gasteiger partial charge is 0.292 e. The number of hydrogen-bond donors (Lipinski definition) is 3. The number of hydrogen-bond acceptors (Lipinski definition) is 3. The molecule has 0 saturated heterocycles. The summed E-state index contributed by atoms with van der Waals surface area (Å²) in [6.45, 7) is 0.375. The Labute approximate surface area is 52.9 Å². The average Bonchev–Trinajstić information content (AvgIpc) is 1.65. The molecule has 0 atom stereocenters. The maximum Gasteiger partial charge on any atom is 0.292 e. The largest absolute Gasteiger partial charge is 0.471 e. The summed E-state index contributed by atoms with van der Waals surface area (Å²) in [4.78, 5) is 8.95. The number of ether oxygens (including phenoxy) is 1. The maximum atomic E-state index is 8.95. The fourth-order valence-electron chi connectivity index (χ4n) is 0. The minimum Gasteiger partial charge on any atom is -0.471 e. The van der Waals surface area contributed by atoms with Gasteiger partial charge < -0.3 is 10.5 Å². The molecule has 0 heterocycles. The summed E-state index contributed by atoms with van der Waals surface area (Å²) in [6.07, 6.45) is 0. The first-order chi connectivity index (χ1) is 3.65. The van der Waals surface area contributed by atoms with Gasteiger partial charge in [0.1, 0.15) is 5.17 Å². The van der Waals surface area contributed by atoms with Crippen LogP contribution in [0.1, 0.15) is 0 Å². The van der Waals surface area contributed by atoms with Crippen LogP contribution in [0.2, 0.25) is 0 Å². The number of nitrogens with two attached hydrogens (primary N) is 1. The van der Waals surface area contributed by atoms with Gasteiger partial charge in [0.25, 0.3) is 6.47 Å². The minimum absolute atomic E-state index is 0.139. The van der Waals surface area contributed by atoms with Crippen molar-refractivity contribution in [1.29, 1.82) is 5.41 Å². The minimum atomic E-state index is -0.139. The van der Waals surface area contributed by atoms with Crippen LogP contribution in [0.25, 0.3) is 0 Å². The Kier molecular flexibility index (Phi) is 12.3. The first-order valence-corrected chi connectivity index (χ1v) is 2.09. The first-order valence-electron chi connectivity index (χ1n) is 1.64. The lowest BCUT2D eigenvalue weighted by Gasteiger charge is -1.67. The van der Waals surface area contributed by atoms with E-state index < -0.39 is 0 Å². The Balaban J connectivity index is 0. The number of amidine groups is 1. The number of nitrogens with one attached hydrogen (secondary N) is 1. The van der Waals surface area contributed by atoms with E-state index in [9.17, 15) is 0 Å². The van der Waals surface area contributed by atoms with E-state index in [4.69, 9.17) is 10.2 Å². The monoisotopic (exact) mass is 136 g/mol. The van der Waals surface area contributed by atoms with Crippen LogP contribution < -0.4 is 5.73 Å². The lowest BCUT2D eigenvalue weighted by Crippen LogP contribution is -1.96. The Hall–Kier alpha value is -0.710. The molecule has 0 fully saturated rings. The second-order valence-corrected chi connectivity index (χ2v) is 1.20. The van der Waals surface area contributed by atoms with Crippen molar-refractivity contribution in [3.63, 3.8) is 0 Å². The molecule has 0 radical (unpaired) electrons. The Bertz CT molecular complexity index is 71.7. The lowest BCUT2D eigenvalue weighted by atomic mass is 11.4. The summed E-state index contributed by atoms with van der Waals surface area (Å²) in [6, 6.07) is 0. The lowest BCUT2D eigenvalue weighted by molar-refractivity contribution is -0.126. The fourth-order valence-corrected chi connectivity index (χ4v) is 0. The van der Waals surface area contributed by atoms with E-state index >= 15 is 0 Å². The molecule has 0 aromatic rings. The molecule has 3 N–H and O–H groups in total. The van der Waals surface area contributed by atoms with Gasteiger partial charge in [0, 0.05) is 0 Å². The fraction of sp³-hybridized carbons (Fsp3) is 0.333. The van der Waals surface area contributed by atoms with Gasteiger partial charge in [0.05, 0.1) is 7.11 Å². The zero-order valence-electron chi connectivity index (χ0n) is 4.42. The Morgan fingerprint density at radius 2 is 2.12 bits per heavy atom. The van der Waals surface area contributed by atoms with Crippen molar-refractivity contribution < 1.29 is 9.53 Å². The SMILES string of the molecule is COC=O.N=C(N)S. The molecule has 0 aromatic carbocycles. The summed E-state index contributed by atoms with van der Waals surface area (Å²) in [5, 5.41) is 6.00. The highest BCUT2D eigenvalue weighted by molar-refractivity contribution is 7.96. The number of thiol groups is 1. The van der Waals surface area contributed by atoms with Crippen molar-refractivity contribution >= 4 is 24.3 Å². The molecule has 0 amide bonds. The third-order valence-electron chi connectivity index (χ3n) is 0.0962. The van der Waals surface area contributed by atoms with Gasteiger partial charge in [-0.05, 0) is 0 Å². The number of rotatable bonds is 1. The van der Waals surface area contributed by atoms with E-state index in [0.717, 1.165) is 0 Å². The Morgan fingerprint density at radius 3 is 2.12 bits per heavy atom. The van der Waals surface area contributed by atoms with Gasteiger partial charge in [0.2, 0.25) is 0 Å². The van der Waals surface area contributed by atoms with Gasteiger partial charge in [-0.15, -0.1) is 12.6 Å². The van der Waals surface area contributed by atoms with Gasteiger partial charge in [-0.2, -0.15) is 0 Å². The predicted octanol–water partition coefficient (Wildman–Crippen LogP) is -0.401. The van der Waals surface area contributed by atoms with Crippen LogP contribution in [-0.4, -0.2) is 18.7 Å². The summed E-state index contributed by atoms with van der Waals surface area (Å²) in [5.41, 5.74) is 4.56. The molecule has 0 aromatic heterocycles. The number of carbonyl (C=O) groups excluding carboxylic acids is 1. The molecule has 8 heavy (non-hydrogen) atoms.